The van der Waals surface area contributed by atoms with Crippen molar-refractivity contribution in [2.24, 2.45) is 5.92 Å². The fourth-order valence-corrected chi connectivity index (χ4v) is 4.69. The van der Waals surface area contributed by atoms with Gasteiger partial charge in [0.2, 0.25) is 5.75 Å². The molecule has 9 nitrogen and oxygen atoms in total. The molecule has 0 aliphatic heterocycles. The van der Waals surface area contributed by atoms with Crippen LogP contribution in [0.25, 0.3) is 0 Å². The van der Waals surface area contributed by atoms with Gasteiger partial charge in [-0.25, -0.2) is 4.98 Å². The average Bonchev–Trinajstić information content (AvgIpc) is 2.94. The molecule has 2 atom stereocenters. The van der Waals surface area contributed by atoms with Crippen LogP contribution in [0, 0.1) is 19.8 Å². The lowest BCUT2D eigenvalue weighted by Crippen LogP contribution is -2.28. The molecular formula is C32H37NO8. The van der Waals surface area contributed by atoms with Crippen LogP contribution in [0.4, 0.5) is 0 Å². The van der Waals surface area contributed by atoms with Crippen molar-refractivity contribution >= 4 is 17.7 Å². The van der Waals surface area contributed by atoms with E-state index in [2.05, 4.69) is 4.98 Å². The smallest absolute Gasteiger partial charge is 0.309 e. The van der Waals surface area contributed by atoms with E-state index >= 15 is 0 Å². The number of nitrogens with zero attached hydrogens (tertiary/aromatic N) is 1. The summed E-state index contributed by atoms with van der Waals surface area (Å²) in [5, 5.41) is 0. The third kappa shape index (κ3) is 7.42. The van der Waals surface area contributed by atoms with E-state index in [1.807, 2.05) is 57.2 Å². The summed E-state index contributed by atoms with van der Waals surface area (Å²) in [6, 6.07) is 13.1. The first-order valence-corrected chi connectivity index (χ1v) is 13.2. The Kier molecular flexibility index (Phi) is 10.5. The number of aromatic nitrogens is 1. The zero-order valence-electron chi connectivity index (χ0n) is 24.8. The lowest BCUT2D eigenvalue weighted by molar-refractivity contribution is -0.153. The standard InChI is InChI=1S/C32H37NO8/c1-18-9-11-23(37-6)16-25(18)29(26-17-24(38-7)12-10-19(26)2)21(4)40-32(36)20(3)15-27(35)30-31(41-22(5)34)28(39-8)13-14-33-30/h9-14,16-17,20-21,29H,15H2,1-8H3/t20-,21+/m1/s1. The molecule has 0 spiro atoms. The molecule has 0 bridgehead atoms. The third-order valence-corrected chi connectivity index (χ3v) is 6.91. The highest BCUT2D eigenvalue weighted by Crippen LogP contribution is 2.38. The van der Waals surface area contributed by atoms with Gasteiger partial charge in [0, 0.05) is 31.5 Å². The van der Waals surface area contributed by atoms with Crippen LogP contribution in [0.3, 0.4) is 0 Å². The Hall–Kier alpha value is -4.40. The highest BCUT2D eigenvalue weighted by Gasteiger charge is 2.31. The second-order valence-corrected chi connectivity index (χ2v) is 9.88. The molecule has 41 heavy (non-hydrogen) atoms. The Labute approximate surface area is 240 Å². The van der Waals surface area contributed by atoms with E-state index in [-0.39, 0.29) is 29.5 Å². The van der Waals surface area contributed by atoms with Crippen molar-refractivity contribution in [3.63, 3.8) is 0 Å². The largest absolute Gasteiger partial charge is 0.497 e. The molecule has 9 heteroatoms. The lowest BCUT2D eigenvalue weighted by atomic mass is 9.82. The minimum atomic E-state index is -0.804. The predicted octanol–water partition coefficient (Wildman–Crippen LogP) is 5.62. The van der Waals surface area contributed by atoms with Gasteiger partial charge in [-0.15, -0.1) is 0 Å². The van der Waals surface area contributed by atoms with E-state index in [0.29, 0.717) is 11.5 Å². The first-order valence-electron chi connectivity index (χ1n) is 13.2. The van der Waals surface area contributed by atoms with E-state index in [1.54, 1.807) is 21.1 Å². The van der Waals surface area contributed by atoms with Crippen LogP contribution >= 0.6 is 0 Å². The maximum absolute atomic E-state index is 13.3. The van der Waals surface area contributed by atoms with Crippen LogP contribution < -0.4 is 18.9 Å². The first kappa shape index (κ1) is 31.1. The Balaban J connectivity index is 1.90. The van der Waals surface area contributed by atoms with Gasteiger partial charge in [-0.3, -0.25) is 14.4 Å². The number of hydrogen-bond donors (Lipinski definition) is 0. The van der Waals surface area contributed by atoms with Gasteiger partial charge >= 0.3 is 11.9 Å². The fraction of sp³-hybridized carbons (Fsp3) is 0.375. The van der Waals surface area contributed by atoms with Crippen LogP contribution in [0.1, 0.15) is 65.9 Å². The van der Waals surface area contributed by atoms with Crippen LogP contribution in [0.5, 0.6) is 23.0 Å². The van der Waals surface area contributed by atoms with Gasteiger partial charge in [-0.1, -0.05) is 19.1 Å². The molecule has 0 fully saturated rings. The van der Waals surface area contributed by atoms with Crippen molar-refractivity contribution in [2.75, 3.05) is 21.3 Å². The van der Waals surface area contributed by atoms with Crippen molar-refractivity contribution < 1.29 is 38.1 Å². The normalized spacial score (nSPS) is 12.3. The van der Waals surface area contributed by atoms with Crippen LogP contribution in [-0.4, -0.2) is 50.1 Å². The summed E-state index contributed by atoms with van der Waals surface area (Å²) in [5.41, 5.74) is 3.80. The van der Waals surface area contributed by atoms with E-state index in [4.69, 9.17) is 23.7 Å². The molecule has 1 heterocycles. The molecule has 0 aliphatic carbocycles. The summed E-state index contributed by atoms with van der Waals surface area (Å²) < 4.78 is 27.4. The van der Waals surface area contributed by atoms with E-state index in [0.717, 1.165) is 22.3 Å². The zero-order chi connectivity index (χ0) is 30.3. The van der Waals surface area contributed by atoms with Gasteiger partial charge in [0.05, 0.1) is 27.2 Å². The number of Topliss-reactive ketones (excluding diaryl/α,β-unsaturated/α-hetero) is 1. The van der Waals surface area contributed by atoms with Crippen LogP contribution in [-0.2, 0) is 14.3 Å². The number of pyridine rings is 1. The molecular weight excluding hydrogens is 526 g/mol. The van der Waals surface area contributed by atoms with Gasteiger partial charge < -0.3 is 23.7 Å². The summed E-state index contributed by atoms with van der Waals surface area (Å²) >= 11 is 0. The molecule has 1 aromatic heterocycles. The molecule has 0 amide bonds. The summed E-state index contributed by atoms with van der Waals surface area (Å²) in [7, 11) is 4.60. The highest BCUT2D eigenvalue weighted by atomic mass is 16.6. The fourth-order valence-electron chi connectivity index (χ4n) is 4.69. The van der Waals surface area contributed by atoms with Gasteiger partial charge in [-0.2, -0.15) is 0 Å². The number of carbonyl (C=O) groups excluding carboxylic acids is 3. The molecule has 0 saturated heterocycles. The van der Waals surface area contributed by atoms with Crippen molar-refractivity contribution in [2.45, 2.75) is 53.1 Å². The Morgan fingerprint density at radius 3 is 1.88 bits per heavy atom. The number of aryl methyl sites for hydroxylation is 2. The first-order chi connectivity index (χ1) is 19.5. The molecule has 2 aromatic carbocycles. The van der Waals surface area contributed by atoms with E-state index < -0.39 is 29.7 Å². The van der Waals surface area contributed by atoms with Crippen molar-refractivity contribution in [1.82, 2.24) is 4.98 Å². The van der Waals surface area contributed by atoms with E-state index in [1.165, 1.54) is 26.3 Å². The van der Waals surface area contributed by atoms with Gasteiger partial charge in [-0.05, 0) is 67.3 Å². The second-order valence-electron chi connectivity index (χ2n) is 9.88. The minimum absolute atomic E-state index is 0.0801. The second kappa shape index (κ2) is 13.8. The molecule has 0 N–H and O–H groups in total. The van der Waals surface area contributed by atoms with Crippen molar-refractivity contribution in [1.29, 1.82) is 0 Å². The quantitative estimate of drug-likeness (QED) is 0.205. The molecule has 0 aliphatic rings. The highest BCUT2D eigenvalue weighted by molar-refractivity contribution is 6.00. The molecule has 3 rings (SSSR count). The van der Waals surface area contributed by atoms with Crippen LogP contribution in [0.15, 0.2) is 48.7 Å². The van der Waals surface area contributed by atoms with Gasteiger partial charge in [0.25, 0.3) is 0 Å². The van der Waals surface area contributed by atoms with Crippen molar-refractivity contribution in [3.05, 3.63) is 76.6 Å². The number of carbonyl (C=O) groups is 3. The Morgan fingerprint density at radius 2 is 1.39 bits per heavy atom. The van der Waals surface area contributed by atoms with E-state index in [9.17, 15) is 14.4 Å². The van der Waals surface area contributed by atoms with Gasteiger partial charge in [0.15, 0.2) is 17.2 Å². The summed E-state index contributed by atoms with van der Waals surface area (Å²) in [4.78, 5) is 42.2. The molecule has 0 radical (unpaired) electrons. The zero-order valence-corrected chi connectivity index (χ0v) is 24.8. The Bertz CT molecular complexity index is 1360. The number of methoxy groups -OCH3 is 3. The SMILES string of the molecule is COc1ccc(C)c(C(c2cc(OC)ccc2C)[C@H](C)OC(=O)[C@H](C)CC(=O)c2nccc(OC)c2OC(C)=O)c1. The van der Waals surface area contributed by atoms with Gasteiger partial charge in [0.1, 0.15) is 17.6 Å². The predicted molar refractivity (Wildman–Crippen MR) is 153 cm³/mol. The Morgan fingerprint density at radius 1 is 0.829 bits per heavy atom. The maximum atomic E-state index is 13.3. The average molecular weight is 564 g/mol. The summed E-state index contributed by atoms with van der Waals surface area (Å²) in [6.07, 6.45) is 0.561. The number of hydrogen-bond acceptors (Lipinski definition) is 9. The number of rotatable bonds is 12. The molecule has 3 aromatic rings. The number of ether oxygens (including phenoxy) is 5. The summed E-state index contributed by atoms with van der Waals surface area (Å²) in [5.74, 6) is -1.33. The molecule has 0 unspecified atom stereocenters. The molecule has 218 valence electrons. The minimum Gasteiger partial charge on any atom is -0.497 e. The topological polar surface area (TPSA) is 110 Å². The number of esters is 2. The molecule has 0 saturated carbocycles. The third-order valence-electron chi connectivity index (χ3n) is 6.91. The summed E-state index contributed by atoms with van der Waals surface area (Å²) in [6.45, 7) is 8.65. The maximum Gasteiger partial charge on any atom is 0.309 e. The number of benzene rings is 2. The monoisotopic (exact) mass is 563 g/mol. The van der Waals surface area contributed by atoms with Crippen molar-refractivity contribution in [3.8, 4) is 23.0 Å². The lowest BCUT2D eigenvalue weighted by Gasteiger charge is -2.29. The number of ketones is 1. The van der Waals surface area contributed by atoms with Crippen LogP contribution in [0.2, 0.25) is 0 Å².